The number of rotatable bonds is 6. The molecule has 7 heteroatoms. The number of amides is 2. The normalized spacial score (nSPS) is 13.8. The smallest absolute Gasteiger partial charge is 0.335 e. The SMILES string of the molecule is O=C(Cc1cccc(C(=O)O)c1)Nc1ccc(CC(=O)N2CCSCC2)cc1. The molecule has 28 heavy (non-hydrogen) atoms. The fourth-order valence-electron chi connectivity index (χ4n) is 3.01. The van der Waals surface area contributed by atoms with E-state index in [1.807, 2.05) is 28.8 Å². The third-order valence-electron chi connectivity index (χ3n) is 4.50. The van der Waals surface area contributed by atoms with E-state index in [1.54, 1.807) is 24.3 Å². The predicted molar refractivity (Wildman–Crippen MR) is 110 cm³/mol. The molecule has 6 nitrogen and oxygen atoms in total. The molecule has 1 aliphatic rings. The average Bonchev–Trinajstić information content (AvgIpc) is 2.70. The van der Waals surface area contributed by atoms with Crippen molar-refractivity contribution in [2.75, 3.05) is 29.9 Å². The van der Waals surface area contributed by atoms with Crippen LogP contribution in [0.5, 0.6) is 0 Å². The van der Waals surface area contributed by atoms with Gasteiger partial charge in [0.05, 0.1) is 18.4 Å². The van der Waals surface area contributed by atoms with Crippen LogP contribution in [-0.4, -0.2) is 52.4 Å². The van der Waals surface area contributed by atoms with E-state index < -0.39 is 5.97 Å². The summed E-state index contributed by atoms with van der Waals surface area (Å²) in [4.78, 5) is 37.4. The van der Waals surface area contributed by atoms with Gasteiger partial charge < -0.3 is 15.3 Å². The number of nitrogens with one attached hydrogen (secondary N) is 1. The van der Waals surface area contributed by atoms with Gasteiger partial charge in [0.25, 0.3) is 0 Å². The molecule has 0 radical (unpaired) electrons. The maximum atomic E-state index is 12.3. The summed E-state index contributed by atoms with van der Waals surface area (Å²) < 4.78 is 0. The Labute approximate surface area is 167 Å². The lowest BCUT2D eigenvalue weighted by Crippen LogP contribution is -2.38. The highest BCUT2D eigenvalue weighted by molar-refractivity contribution is 7.99. The van der Waals surface area contributed by atoms with Gasteiger partial charge in [-0.2, -0.15) is 11.8 Å². The van der Waals surface area contributed by atoms with E-state index in [0.29, 0.717) is 17.7 Å². The van der Waals surface area contributed by atoms with Crippen LogP contribution in [0.3, 0.4) is 0 Å². The van der Waals surface area contributed by atoms with Crippen LogP contribution in [0, 0.1) is 0 Å². The van der Waals surface area contributed by atoms with Crippen LogP contribution < -0.4 is 5.32 Å². The quantitative estimate of drug-likeness (QED) is 0.781. The van der Waals surface area contributed by atoms with Crippen molar-refractivity contribution in [3.63, 3.8) is 0 Å². The predicted octanol–water partition coefficient (Wildman–Crippen LogP) is 2.68. The highest BCUT2D eigenvalue weighted by atomic mass is 32.2. The van der Waals surface area contributed by atoms with Crippen molar-refractivity contribution in [3.8, 4) is 0 Å². The van der Waals surface area contributed by atoms with Crippen LogP contribution in [0.1, 0.15) is 21.5 Å². The van der Waals surface area contributed by atoms with Crippen molar-refractivity contribution >= 4 is 35.2 Å². The Morgan fingerprint density at radius 1 is 0.964 bits per heavy atom. The lowest BCUT2D eigenvalue weighted by molar-refractivity contribution is -0.130. The van der Waals surface area contributed by atoms with Gasteiger partial charge in [0.1, 0.15) is 0 Å². The number of anilines is 1. The fraction of sp³-hybridized carbons (Fsp3) is 0.286. The monoisotopic (exact) mass is 398 g/mol. The molecule has 0 aromatic heterocycles. The molecule has 3 rings (SSSR count). The van der Waals surface area contributed by atoms with Gasteiger partial charge in [-0.1, -0.05) is 24.3 Å². The second-order valence-electron chi connectivity index (χ2n) is 6.60. The fourth-order valence-corrected chi connectivity index (χ4v) is 3.91. The molecule has 0 bridgehead atoms. The van der Waals surface area contributed by atoms with Gasteiger partial charge in [0.15, 0.2) is 0 Å². The summed E-state index contributed by atoms with van der Waals surface area (Å²) in [7, 11) is 0. The van der Waals surface area contributed by atoms with E-state index in [4.69, 9.17) is 5.11 Å². The number of thioether (sulfide) groups is 1. The molecule has 0 spiro atoms. The zero-order valence-corrected chi connectivity index (χ0v) is 16.2. The van der Waals surface area contributed by atoms with E-state index in [0.717, 1.165) is 30.2 Å². The molecule has 146 valence electrons. The van der Waals surface area contributed by atoms with E-state index in [9.17, 15) is 14.4 Å². The number of aromatic carboxylic acids is 1. The molecule has 2 N–H and O–H groups in total. The number of carboxylic acid groups (broad SMARTS) is 1. The lowest BCUT2D eigenvalue weighted by Gasteiger charge is -2.26. The van der Waals surface area contributed by atoms with Gasteiger partial charge in [0, 0.05) is 30.3 Å². The number of carboxylic acids is 1. The highest BCUT2D eigenvalue weighted by Gasteiger charge is 2.16. The number of hydrogen-bond donors (Lipinski definition) is 2. The minimum absolute atomic E-state index is 0.0916. The Balaban J connectivity index is 1.53. The largest absolute Gasteiger partial charge is 0.478 e. The van der Waals surface area contributed by atoms with Gasteiger partial charge in [-0.05, 0) is 35.4 Å². The summed E-state index contributed by atoms with van der Waals surface area (Å²) >= 11 is 1.87. The first kappa shape index (κ1) is 19.9. The molecule has 2 amide bonds. The zero-order valence-electron chi connectivity index (χ0n) is 15.4. The Morgan fingerprint density at radius 2 is 1.68 bits per heavy atom. The van der Waals surface area contributed by atoms with Gasteiger partial charge in [-0.3, -0.25) is 9.59 Å². The second kappa shape index (κ2) is 9.41. The van der Waals surface area contributed by atoms with Crippen LogP contribution >= 0.6 is 11.8 Å². The molecule has 0 atom stereocenters. The van der Waals surface area contributed by atoms with Gasteiger partial charge in [0.2, 0.25) is 11.8 Å². The van der Waals surface area contributed by atoms with E-state index in [-0.39, 0.29) is 23.8 Å². The molecule has 0 unspecified atom stereocenters. The van der Waals surface area contributed by atoms with E-state index in [2.05, 4.69) is 5.32 Å². The first-order valence-corrected chi connectivity index (χ1v) is 10.2. The van der Waals surface area contributed by atoms with Crippen LogP contribution in [0.25, 0.3) is 0 Å². The van der Waals surface area contributed by atoms with Gasteiger partial charge >= 0.3 is 5.97 Å². The first-order chi connectivity index (χ1) is 13.5. The Hall–Kier alpha value is -2.80. The minimum atomic E-state index is -1.02. The molecule has 1 aliphatic heterocycles. The maximum absolute atomic E-state index is 12.3. The third-order valence-corrected chi connectivity index (χ3v) is 5.44. The summed E-state index contributed by atoms with van der Waals surface area (Å²) in [6, 6.07) is 13.6. The molecular weight excluding hydrogens is 376 g/mol. The third kappa shape index (κ3) is 5.60. The molecule has 2 aromatic carbocycles. The summed E-state index contributed by atoms with van der Waals surface area (Å²) in [5, 5.41) is 11.8. The second-order valence-corrected chi connectivity index (χ2v) is 7.82. The summed E-state index contributed by atoms with van der Waals surface area (Å²) in [5.74, 6) is 0.876. The van der Waals surface area contributed by atoms with Crippen LogP contribution in [0.4, 0.5) is 5.69 Å². The van der Waals surface area contributed by atoms with Crippen molar-refractivity contribution in [2.45, 2.75) is 12.8 Å². The number of hydrogen-bond acceptors (Lipinski definition) is 4. The number of carbonyl (C=O) groups is 3. The van der Waals surface area contributed by atoms with Crippen LogP contribution in [-0.2, 0) is 22.4 Å². The Kier molecular flexibility index (Phi) is 6.71. The summed E-state index contributed by atoms with van der Waals surface area (Å²) in [6.07, 6.45) is 0.454. The molecule has 2 aromatic rings. The lowest BCUT2D eigenvalue weighted by atomic mass is 10.1. The van der Waals surface area contributed by atoms with Crippen molar-refractivity contribution in [2.24, 2.45) is 0 Å². The molecule has 1 saturated heterocycles. The van der Waals surface area contributed by atoms with Crippen molar-refractivity contribution in [1.82, 2.24) is 4.90 Å². The number of nitrogens with zero attached hydrogens (tertiary/aromatic N) is 1. The summed E-state index contributed by atoms with van der Waals surface area (Å²) in [6.45, 7) is 1.61. The van der Waals surface area contributed by atoms with Crippen molar-refractivity contribution < 1.29 is 19.5 Å². The number of benzene rings is 2. The van der Waals surface area contributed by atoms with Crippen molar-refractivity contribution in [3.05, 3.63) is 65.2 Å². The van der Waals surface area contributed by atoms with Crippen LogP contribution in [0.15, 0.2) is 48.5 Å². The van der Waals surface area contributed by atoms with Crippen molar-refractivity contribution in [1.29, 1.82) is 0 Å². The standard InChI is InChI=1S/C21H22N2O4S/c24-19(13-16-2-1-3-17(12-16)21(26)27)22-18-6-4-15(5-7-18)14-20(25)23-8-10-28-11-9-23/h1-7,12H,8-11,13-14H2,(H,22,24)(H,26,27). The first-order valence-electron chi connectivity index (χ1n) is 9.08. The van der Waals surface area contributed by atoms with E-state index >= 15 is 0 Å². The molecule has 0 saturated carbocycles. The highest BCUT2D eigenvalue weighted by Crippen LogP contribution is 2.14. The minimum Gasteiger partial charge on any atom is -0.478 e. The summed E-state index contributed by atoms with van der Waals surface area (Å²) in [5.41, 5.74) is 2.35. The molecule has 1 heterocycles. The molecule has 1 fully saturated rings. The van der Waals surface area contributed by atoms with Gasteiger partial charge in [-0.15, -0.1) is 0 Å². The van der Waals surface area contributed by atoms with Crippen LogP contribution in [0.2, 0.25) is 0 Å². The zero-order chi connectivity index (χ0) is 19.9. The van der Waals surface area contributed by atoms with E-state index in [1.165, 1.54) is 12.1 Å². The molecule has 0 aliphatic carbocycles. The maximum Gasteiger partial charge on any atom is 0.335 e. The Morgan fingerprint density at radius 3 is 2.36 bits per heavy atom. The van der Waals surface area contributed by atoms with Gasteiger partial charge in [-0.25, -0.2) is 4.79 Å². The molecular formula is C21H22N2O4S. The number of carbonyl (C=O) groups excluding carboxylic acids is 2. The average molecular weight is 398 g/mol. The Bertz CT molecular complexity index is 861. The topological polar surface area (TPSA) is 86.7 Å².